The van der Waals surface area contributed by atoms with E-state index >= 15 is 0 Å². The van der Waals surface area contributed by atoms with Gasteiger partial charge in [-0.15, -0.1) is 0 Å². The van der Waals surface area contributed by atoms with Crippen molar-refractivity contribution in [2.75, 3.05) is 0 Å². The minimum Gasteiger partial charge on any atom is -0.0819 e. The molecule has 0 spiro atoms. The molecule has 4 heteroatoms. The van der Waals surface area contributed by atoms with Crippen molar-refractivity contribution in [2.24, 2.45) is 0 Å². The van der Waals surface area contributed by atoms with Crippen molar-refractivity contribution < 1.29 is 0 Å². The fourth-order valence-corrected chi connectivity index (χ4v) is 5.01. The number of hydrogen-bond donors (Lipinski definition) is 0. The quantitative estimate of drug-likeness (QED) is 0.726. The minimum atomic E-state index is 0.592. The molecule has 0 unspecified atom stereocenters. The van der Waals surface area contributed by atoms with Gasteiger partial charge in [-0.3, -0.25) is 0 Å². The molecular weight excluding hydrogens is 332 g/mol. The molecule has 4 aliphatic rings. The Morgan fingerprint density at radius 1 is 0.393 bits per heavy atom. The molecule has 0 amide bonds. The van der Waals surface area contributed by atoms with E-state index in [0.29, 0.717) is 26.9 Å². The first-order chi connectivity index (χ1) is 13.2. The van der Waals surface area contributed by atoms with E-state index < -0.39 is 0 Å². The lowest BCUT2D eigenvalue weighted by atomic mass is 9.43. The van der Waals surface area contributed by atoms with Crippen molar-refractivity contribution >= 4 is 48.7 Å². The standard InChI is InChI=1S/C24H36B4/c1-25(2)21-13-18-11-12-20-16-23(27(5)6)19(15-24(20)28(7)8)10-9-17(21)14-22(18)26(3)4/h13-16H,9-12H2,1-8H3. The van der Waals surface area contributed by atoms with Crippen LogP contribution in [0.15, 0.2) is 24.3 Å². The molecule has 0 heterocycles. The largest absolute Gasteiger partial charge is 0.169 e. The van der Waals surface area contributed by atoms with Crippen LogP contribution >= 0.6 is 0 Å². The number of aryl methyl sites for hydroxylation is 4. The van der Waals surface area contributed by atoms with E-state index in [1.807, 2.05) is 0 Å². The maximum Gasteiger partial charge on any atom is 0.169 e. The average Bonchev–Trinajstić information content (AvgIpc) is 2.61. The number of hydrogen-bond acceptors (Lipinski definition) is 0. The van der Waals surface area contributed by atoms with Crippen LogP contribution < -0.4 is 21.9 Å². The van der Waals surface area contributed by atoms with Gasteiger partial charge < -0.3 is 0 Å². The van der Waals surface area contributed by atoms with Crippen molar-refractivity contribution in [3.8, 4) is 0 Å². The van der Waals surface area contributed by atoms with E-state index in [0.717, 1.165) is 25.7 Å². The van der Waals surface area contributed by atoms with Gasteiger partial charge in [0, 0.05) is 0 Å². The molecule has 0 nitrogen and oxygen atoms in total. The lowest BCUT2D eigenvalue weighted by Gasteiger charge is -2.24. The Morgan fingerprint density at radius 3 is 0.714 bits per heavy atom. The van der Waals surface area contributed by atoms with Gasteiger partial charge >= 0.3 is 0 Å². The van der Waals surface area contributed by atoms with E-state index in [2.05, 4.69) is 78.9 Å². The van der Waals surface area contributed by atoms with Crippen molar-refractivity contribution in [3.05, 3.63) is 46.5 Å². The third-order valence-electron chi connectivity index (χ3n) is 6.62. The summed E-state index contributed by atoms with van der Waals surface area (Å²) in [6.07, 6.45) is 4.63. The summed E-state index contributed by atoms with van der Waals surface area (Å²) >= 11 is 0. The maximum atomic E-state index is 2.56. The van der Waals surface area contributed by atoms with Crippen LogP contribution in [0.5, 0.6) is 0 Å². The summed E-state index contributed by atoms with van der Waals surface area (Å²) in [5.74, 6) is 0. The molecule has 0 N–H and O–H groups in total. The third-order valence-corrected chi connectivity index (χ3v) is 6.62. The second kappa shape index (κ2) is 8.60. The molecule has 0 fully saturated rings. The Labute approximate surface area is 175 Å². The normalized spacial score (nSPS) is 13.1. The Balaban J connectivity index is 2.19. The molecule has 2 aromatic carbocycles. The van der Waals surface area contributed by atoms with Crippen LogP contribution in [-0.2, 0) is 25.7 Å². The highest BCUT2D eigenvalue weighted by Crippen LogP contribution is 2.15. The van der Waals surface area contributed by atoms with Crippen LogP contribution in [0.2, 0.25) is 54.6 Å². The van der Waals surface area contributed by atoms with Gasteiger partial charge in [0.05, 0.1) is 0 Å². The predicted molar refractivity (Wildman–Crippen MR) is 136 cm³/mol. The summed E-state index contributed by atoms with van der Waals surface area (Å²) in [7, 11) is 0. The molecule has 0 aliphatic heterocycles. The summed E-state index contributed by atoms with van der Waals surface area (Å²) in [6, 6.07) is 10.2. The number of rotatable bonds is 4. The van der Waals surface area contributed by atoms with Crippen LogP contribution in [0.1, 0.15) is 22.3 Å². The Hall–Kier alpha value is -1.30. The molecule has 4 bridgehead atoms. The Kier molecular flexibility index (Phi) is 6.58. The van der Waals surface area contributed by atoms with Gasteiger partial charge in [0.1, 0.15) is 0 Å². The average molecular weight is 368 g/mol. The first-order valence-electron chi connectivity index (χ1n) is 11.5. The first-order valence-corrected chi connectivity index (χ1v) is 11.5. The smallest absolute Gasteiger partial charge is 0.0819 e. The van der Waals surface area contributed by atoms with Gasteiger partial charge in [-0.05, 0) is 25.7 Å². The summed E-state index contributed by atoms with van der Waals surface area (Å²) < 4.78 is 0. The van der Waals surface area contributed by atoms with Crippen LogP contribution in [0.4, 0.5) is 0 Å². The fraction of sp³-hybridized carbons (Fsp3) is 0.500. The molecule has 0 radical (unpaired) electrons. The molecule has 144 valence electrons. The van der Waals surface area contributed by atoms with E-state index in [1.165, 1.54) is 0 Å². The van der Waals surface area contributed by atoms with E-state index in [1.54, 1.807) is 44.1 Å². The number of benzene rings is 2. The van der Waals surface area contributed by atoms with Gasteiger partial charge in [-0.1, -0.05) is 123 Å². The molecule has 0 aromatic heterocycles. The van der Waals surface area contributed by atoms with E-state index in [4.69, 9.17) is 0 Å². The monoisotopic (exact) mass is 368 g/mol. The summed E-state index contributed by atoms with van der Waals surface area (Å²) in [5, 5.41) is 0. The Morgan fingerprint density at radius 2 is 0.571 bits per heavy atom. The highest BCUT2D eigenvalue weighted by molar-refractivity contribution is 6.74. The second-order valence-electron chi connectivity index (χ2n) is 10.1. The molecule has 0 saturated heterocycles. The highest BCUT2D eigenvalue weighted by atomic mass is 14.2. The van der Waals surface area contributed by atoms with Crippen molar-refractivity contribution in [1.82, 2.24) is 0 Å². The molecule has 0 atom stereocenters. The lowest BCUT2D eigenvalue weighted by Crippen LogP contribution is -2.38. The summed E-state index contributed by atoms with van der Waals surface area (Å²) in [5.41, 5.74) is 12.6. The molecule has 28 heavy (non-hydrogen) atoms. The molecule has 0 saturated carbocycles. The van der Waals surface area contributed by atoms with E-state index in [-0.39, 0.29) is 0 Å². The predicted octanol–water partition coefficient (Wildman–Crippen LogP) is 3.42. The molecule has 2 aromatic rings. The third kappa shape index (κ3) is 4.32. The van der Waals surface area contributed by atoms with Crippen molar-refractivity contribution in [2.45, 2.75) is 80.3 Å². The second-order valence-corrected chi connectivity index (χ2v) is 10.1. The van der Waals surface area contributed by atoms with Gasteiger partial charge in [-0.25, -0.2) is 0 Å². The zero-order valence-corrected chi connectivity index (χ0v) is 19.4. The molecule has 4 aliphatic carbocycles. The Bertz CT molecular complexity index is 707. The summed E-state index contributed by atoms with van der Waals surface area (Å²) in [4.78, 5) is 0. The lowest BCUT2D eigenvalue weighted by molar-refractivity contribution is 0.941. The fourth-order valence-electron chi connectivity index (χ4n) is 5.01. The molecular formula is C24H36B4. The van der Waals surface area contributed by atoms with Gasteiger partial charge in [0.25, 0.3) is 0 Å². The zero-order chi connectivity index (χ0) is 20.6. The van der Waals surface area contributed by atoms with E-state index in [9.17, 15) is 0 Å². The van der Waals surface area contributed by atoms with Crippen LogP contribution in [-0.4, -0.2) is 26.9 Å². The van der Waals surface area contributed by atoms with Crippen LogP contribution in [0.25, 0.3) is 0 Å². The van der Waals surface area contributed by atoms with Gasteiger partial charge in [0.15, 0.2) is 26.9 Å². The van der Waals surface area contributed by atoms with Crippen LogP contribution in [0.3, 0.4) is 0 Å². The topological polar surface area (TPSA) is 0 Å². The highest BCUT2D eigenvalue weighted by Gasteiger charge is 2.21. The van der Waals surface area contributed by atoms with Crippen molar-refractivity contribution in [1.29, 1.82) is 0 Å². The van der Waals surface area contributed by atoms with Crippen LogP contribution in [0, 0.1) is 0 Å². The zero-order valence-electron chi connectivity index (χ0n) is 19.4. The SMILES string of the molecule is CB(C)c1cc2c(B(C)C)cc1CCc1cc(B(C)C)c(cc1B(C)C)CC2. The molecule has 6 rings (SSSR count). The van der Waals surface area contributed by atoms with Gasteiger partial charge in [0.2, 0.25) is 0 Å². The van der Waals surface area contributed by atoms with Gasteiger partial charge in [-0.2, -0.15) is 0 Å². The van der Waals surface area contributed by atoms with Crippen molar-refractivity contribution in [3.63, 3.8) is 0 Å². The maximum absolute atomic E-state index is 2.56. The summed E-state index contributed by atoms with van der Waals surface area (Å²) in [6.45, 7) is 21.2. The first kappa shape index (κ1) is 21.4. The minimum absolute atomic E-state index is 0.592.